The van der Waals surface area contributed by atoms with Crippen molar-refractivity contribution in [1.82, 2.24) is 0 Å². The Hall–Kier alpha value is -4.71. The molecule has 5 rings (SSSR count). The van der Waals surface area contributed by atoms with E-state index in [-0.39, 0.29) is 0 Å². The van der Waals surface area contributed by atoms with Gasteiger partial charge < -0.3 is 0 Å². The highest BCUT2D eigenvalue weighted by molar-refractivity contribution is 6.91. The van der Waals surface area contributed by atoms with Crippen molar-refractivity contribution in [3.63, 3.8) is 0 Å². The SMILES string of the molecule is CC(C)[Si](C#Cc1c2ccc(C#Cc3ccccc3)cc2c(C#C[Si](C(C)C)(C(C)C)C(C)C)c2ccc(C#Cc3ccccc3)cc12)(C(C)C)C(C)C. The van der Waals surface area contributed by atoms with Crippen molar-refractivity contribution in [2.24, 2.45) is 0 Å². The van der Waals surface area contributed by atoms with Crippen LogP contribution in [0, 0.1) is 46.6 Å². The third kappa shape index (κ3) is 8.18. The standard InChI is InChI=1S/C52H58Si2/c1-37(2)53(38(3)4,39(5)6)33-31-49-47-29-27-46(26-24-44-21-17-14-18-22-44)36-52(47)50(32-34-54(40(7)8,41(9)10)42(11)12)48-30-28-45(35-51(48)49)25-23-43-19-15-13-16-20-43/h13-22,27-30,35-42H,1-12H3. The lowest BCUT2D eigenvalue weighted by molar-refractivity contribution is 0.838. The molecule has 0 N–H and O–H groups in total. The van der Waals surface area contributed by atoms with Crippen LogP contribution in [0.2, 0.25) is 33.2 Å². The quantitative estimate of drug-likeness (QED) is 0.0924. The summed E-state index contributed by atoms with van der Waals surface area (Å²) < 4.78 is 0. The highest BCUT2D eigenvalue weighted by Crippen LogP contribution is 2.43. The maximum absolute atomic E-state index is 4.09. The Morgan fingerprint density at radius 2 is 0.611 bits per heavy atom. The molecular weight excluding hydrogens is 681 g/mol. The van der Waals surface area contributed by atoms with Crippen molar-refractivity contribution in [3.8, 4) is 46.6 Å². The van der Waals surface area contributed by atoms with Gasteiger partial charge in [-0.05, 0) is 92.6 Å². The van der Waals surface area contributed by atoms with Crippen LogP contribution in [0.1, 0.15) is 116 Å². The smallest absolute Gasteiger partial charge is 0.125 e. The van der Waals surface area contributed by atoms with Gasteiger partial charge in [0.15, 0.2) is 0 Å². The van der Waals surface area contributed by atoms with E-state index in [4.69, 9.17) is 0 Å². The molecule has 0 heterocycles. The Bertz CT molecular complexity index is 2150. The van der Waals surface area contributed by atoms with Gasteiger partial charge in [0.05, 0.1) is 0 Å². The normalized spacial score (nSPS) is 11.7. The summed E-state index contributed by atoms with van der Waals surface area (Å²) >= 11 is 0. The summed E-state index contributed by atoms with van der Waals surface area (Å²) in [7, 11) is -4.09. The summed E-state index contributed by atoms with van der Waals surface area (Å²) in [6.07, 6.45) is 0. The van der Waals surface area contributed by atoms with Crippen molar-refractivity contribution < 1.29 is 0 Å². The van der Waals surface area contributed by atoms with Gasteiger partial charge >= 0.3 is 0 Å². The van der Waals surface area contributed by atoms with Crippen LogP contribution in [0.3, 0.4) is 0 Å². The molecule has 0 unspecified atom stereocenters. The molecule has 5 aromatic rings. The van der Waals surface area contributed by atoms with Crippen LogP contribution in [-0.4, -0.2) is 16.1 Å². The second-order valence-electron chi connectivity index (χ2n) is 16.8. The molecule has 0 nitrogen and oxygen atoms in total. The summed E-state index contributed by atoms with van der Waals surface area (Å²) in [5, 5.41) is 4.55. The van der Waals surface area contributed by atoms with Crippen molar-refractivity contribution in [3.05, 3.63) is 130 Å². The van der Waals surface area contributed by atoms with Gasteiger partial charge in [-0.2, -0.15) is 0 Å². The fourth-order valence-corrected chi connectivity index (χ4v) is 19.6. The molecule has 0 spiro atoms. The van der Waals surface area contributed by atoms with Crippen LogP contribution in [0.15, 0.2) is 97.1 Å². The van der Waals surface area contributed by atoms with E-state index in [9.17, 15) is 0 Å². The van der Waals surface area contributed by atoms with Crippen molar-refractivity contribution in [1.29, 1.82) is 0 Å². The lowest BCUT2D eigenvalue weighted by Crippen LogP contribution is -2.43. The lowest BCUT2D eigenvalue weighted by atomic mass is 9.90. The third-order valence-electron chi connectivity index (χ3n) is 11.9. The average Bonchev–Trinajstić information content (AvgIpc) is 3.13. The summed E-state index contributed by atoms with van der Waals surface area (Å²) in [5.41, 5.74) is 17.5. The van der Waals surface area contributed by atoms with E-state index in [1.807, 2.05) is 36.4 Å². The molecule has 0 saturated carbocycles. The van der Waals surface area contributed by atoms with Gasteiger partial charge in [-0.15, -0.1) is 11.1 Å². The van der Waals surface area contributed by atoms with E-state index in [1.165, 1.54) is 0 Å². The molecule has 274 valence electrons. The summed E-state index contributed by atoms with van der Waals surface area (Å²) in [6, 6.07) is 33.8. The minimum absolute atomic E-state index is 0.529. The average molecular weight is 739 g/mol. The molecule has 0 bridgehead atoms. The lowest BCUT2D eigenvalue weighted by Gasteiger charge is -2.38. The highest BCUT2D eigenvalue weighted by atomic mass is 28.3. The molecule has 0 saturated heterocycles. The zero-order valence-corrected chi connectivity index (χ0v) is 36.7. The van der Waals surface area contributed by atoms with Gasteiger partial charge in [0.25, 0.3) is 0 Å². The number of benzene rings is 5. The predicted octanol–water partition coefficient (Wildman–Crippen LogP) is 13.9. The minimum atomic E-state index is -2.04. The fourth-order valence-electron chi connectivity index (χ4n) is 9.19. The van der Waals surface area contributed by atoms with Crippen LogP contribution >= 0.6 is 0 Å². The van der Waals surface area contributed by atoms with Gasteiger partial charge in [0, 0.05) is 44.2 Å². The summed E-state index contributed by atoms with van der Waals surface area (Å²) in [5.74, 6) is 21.6. The van der Waals surface area contributed by atoms with Crippen molar-refractivity contribution >= 4 is 37.7 Å². The highest BCUT2D eigenvalue weighted by Gasteiger charge is 2.42. The number of hydrogen-bond acceptors (Lipinski definition) is 0. The van der Waals surface area contributed by atoms with Crippen molar-refractivity contribution in [2.45, 2.75) is 116 Å². The van der Waals surface area contributed by atoms with Crippen LogP contribution in [0.25, 0.3) is 21.5 Å². The topological polar surface area (TPSA) is 0 Å². The second kappa shape index (κ2) is 17.2. The molecule has 0 radical (unpaired) electrons. The Morgan fingerprint density at radius 3 is 0.907 bits per heavy atom. The molecule has 0 aliphatic rings. The molecule has 2 heteroatoms. The summed E-state index contributed by atoms with van der Waals surface area (Å²) in [4.78, 5) is 0. The first-order valence-corrected chi connectivity index (χ1v) is 24.4. The number of fused-ring (bicyclic) bond motifs is 2. The molecule has 0 aromatic heterocycles. The van der Waals surface area contributed by atoms with Crippen LogP contribution in [0.4, 0.5) is 0 Å². The maximum atomic E-state index is 4.09. The zero-order chi connectivity index (χ0) is 39.2. The minimum Gasteiger partial charge on any atom is -0.125 e. The third-order valence-corrected chi connectivity index (χ3v) is 24.5. The zero-order valence-electron chi connectivity index (χ0n) is 34.7. The first-order chi connectivity index (χ1) is 25.7. The molecule has 0 aliphatic carbocycles. The second-order valence-corrected chi connectivity index (χ2v) is 28.0. The molecular formula is C52H58Si2. The summed E-state index contributed by atoms with van der Waals surface area (Å²) in [6.45, 7) is 28.7. The predicted molar refractivity (Wildman–Crippen MR) is 242 cm³/mol. The molecule has 5 aromatic carbocycles. The van der Waals surface area contributed by atoms with Crippen LogP contribution < -0.4 is 0 Å². The maximum Gasteiger partial charge on any atom is 0.146 e. The van der Waals surface area contributed by atoms with E-state index < -0.39 is 16.1 Å². The Labute approximate surface area is 329 Å². The van der Waals surface area contributed by atoms with E-state index in [0.717, 1.165) is 54.9 Å². The van der Waals surface area contributed by atoms with E-state index >= 15 is 0 Å². The van der Waals surface area contributed by atoms with Gasteiger partial charge in [0.1, 0.15) is 16.1 Å². The first kappa shape index (κ1) is 40.5. The number of hydrogen-bond donors (Lipinski definition) is 0. The van der Waals surface area contributed by atoms with E-state index in [0.29, 0.717) is 33.2 Å². The Kier molecular flexibility index (Phi) is 12.9. The number of rotatable bonds is 6. The largest absolute Gasteiger partial charge is 0.146 e. The van der Waals surface area contributed by atoms with Gasteiger partial charge in [0.2, 0.25) is 0 Å². The fraction of sp³-hybridized carbons (Fsp3) is 0.346. The molecule has 0 aliphatic heterocycles. The Balaban J connectivity index is 1.93. The molecule has 0 fully saturated rings. The molecule has 54 heavy (non-hydrogen) atoms. The molecule has 0 amide bonds. The molecule has 0 atom stereocenters. The Morgan fingerprint density at radius 1 is 0.315 bits per heavy atom. The van der Waals surface area contributed by atoms with Gasteiger partial charge in [-0.25, -0.2) is 0 Å². The van der Waals surface area contributed by atoms with Gasteiger partial charge in [-0.3, -0.25) is 0 Å². The van der Waals surface area contributed by atoms with Crippen LogP contribution in [0.5, 0.6) is 0 Å². The monoisotopic (exact) mass is 738 g/mol. The van der Waals surface area contributed by atoms with Gasteiger partial charge in [-0.1, -0.05) is 167 Å². The van der Waals surface area contributed by atoms with Crippen LogP contribution in [-0.2, 0) is 0 Å². The van der Waals surface area contributed by atoms with Crippen molar-refractivity contribution in [2.75, 3.05) is 0 Å². The van der Waals surface area contributed by atoms with E-state index in [2.05, 4.69) is 190 Å². The van der Waals surface area contributed by atoms with E-state index in [1.54, 1.807) is 0 Å². The first-order valence-electron chi connectivity index (χ1n) is 20.0.